The van der Waals surface area contributed by atoms with Crippen molar-refractivity contribution in [2.75, 3.05) is 20.6 Å². The molecule has 1 rings (SSSR count). The summed E-state index contributed by atoms with van der Waals surface area (Å²) in [7, 11) is 3.30. The van der Waals surface area contributed by atoms with Crippen molar-refractivity contribution < 1.29 is 13.2 Å². The first-order valence-electron chi connectivity index (χ1n) is 5.54. The van der Waals surface area contributed by atoms with Crippen LogP contribution in [0.25, 0.3) is 0 Å². The van der Waals surface area contributed by atoms with Crippen molar-refractivity contribution in [3.05, 3.63) is 21.3 Å². The summed E-state index contributed by atoms with van der Waals surface area (Å²) in [6.07, 6.45) is -5.05. The van der Waals surface area contributed by atoms with E-state index in [0.717, 1.165) is 4.88 Å². The molecular formula is C11H15ClF3N3S. The number of hydrogen-bond donors (Lipinski definition) is 1. The van der Waals surface area contributed by atoms with E-state index < -0.39 is 12.6 Å². The van der Waals surface area contributed by atoms with Gasteiger partial charge in [0.1, 0.15) is 0 Å². The number of guanidine groups is 1. The van der Waals surface area contributed by atoms with Crippen LogP contribution in [0.2, 0.25) is 4.34 Å². The minimum atomic E-state index is -4.16. The molecule has 0 saturated heterocycles. The number of rotatable bonds is 4. The van der Waals surface area contributed by atoms with E-state index in [9.17, 15) is 13.2 Å². The Balaban J connectivity index is 2.46. The fourth-order valence-corrected chi connectivity index (χ4v) is 2.59. The molecule has 8 heteroatoms. The summed E-state index contributed by atoms with van der Waals surface area (Å²) in [4.78, 5) is 6.71. The molecule has 0 aliphatic carbocycles. The Hall–Kier alpha value is -0.950. The summed E-state index contributed by atoms with van der Waals surface area (Å²) >= 11 is 7.25. The molecular weight excluding hydrogens is 299 g/mol. The summed E-state index contributed by atoms with van der Waals surface area (Å²) in [6, 6.07) is 3.67. The van der Waals surface area contributed by atoms with Gasteiger partial charge in [-0.15, -0.1) is 11.3 Å². The molecule has 1 aromatic rings. The molecule has 3 nitrogen and oxygen atoms in total. The van der Waals surface area contributed by atoms with Crippen LogP contribution in [0, 0.1) is 0 Å². The van der Waals surface area contributed by atoms with E-state index in [1.807, 2.05) is 6.07 Å². The SMILES string of the molecule is CN=C(NCCC(F)(F)F)N(C)Cc1ccc(Cl)s1. The molecule has 0 aliphatic rings. The Morgan fingerprint density at radius 1 is 1.47 bits per heavy atom. The third kappa shape index (κ3) is 6.15. The molecule has 0 spiro atoms. The van der Waals surface area contributed by atoms with Gasteiger partial charge >= 0.3 is 6.18 Å². The van der Waals surface area contributed by atoms with Crippen LogP contribution in [0.3, 0.4) is 0 Å². The van der Waals surface area contributed by atoms with Crippen LogP contribution >= 0.6 is 22.9 Å². The lowest BCUT2D eigenvalue weighted by Crippen LogP contribution is -2.39. The Morgan fingerprint density at radius 2 is 2.16 bits per heavy atom. The predicted molar refractivity (Wildman–Crippen MR) is 72.8 cm³/mol. The number of alkyl halides is 3. The van der Waals surface area contributed by atoms with Gasteiger partial charge in [-0.2, -0.15) is 13.2 Å². The van der Waals surface area contributed by atoms with E-state index in [2.05, 4.69) is 10.3 Å². The van der Waals surface area contributed by atoms with Gasteiger partial charge in [0, 0.05) is 25.5 Å². The highest BCUT2D eigenvalue weighted by atomic mass is 35.5. The molecule has 0 aromatic carbocycles. The highest BCUT2D eigenvalue weighted by molar-refractivity contribution is 7.16. The van der Waals surface area contributed by atoms with Gasteiger partial charge in [0.2, 0.25) is 0 Å². The van der Waals surface area contributed by atoms with Gasteiger partial charge in [-0.05, 0) is 12.1 Å². The van der Waals surface area contributed by atoms with E-state index in [-0.39, 0.29) is 6.54 Å². The van der Waals surface area contributed by atoms with Crippen molar-refractivity contribution in [3.63, 3.8) is 0 Å². The highest BCUT2D eigenvalue weighted by Gasteiger charge is 2.26. The summed E-state index contributed by atoms with van der Waals surface area (Å²) in [5.74, 6) is 0.425. The van der Waals surface area contributed by atoms with Crippen LogP contribution in [-0.2, 0) is 6.54 Å². The van der Waals surface area contributed by atoms with E-state index >= 15 is 0 Å². The molecule has 1 N–H and O–H groups in total. The second-order valence-electron chi connectivity index (χ2n) is 3.90. The number of thiophene rings is 1. The van der Waals surface area contributed by atoms with Gasteiger partial charge in [-0.3, -0.25) is 4.99 Å². The maximum atomic E-state index is 12.1. The van der Waals surface area contributed by atoms with Crippen LogP contribution in [0.4, 0.5) is 13.2 Å². The number of nitrogens with zero attached hydrogens (tertiary/aromatic N) is 2. The molecule has 0 bridgehead atoms. The quantitative estimate of drug-likeness (QED) is 0.682. The maximum absolute atomic E-state index is 12.1. The highest BCUT2D eigenvalue weighted by Crippen LogP contribution is 2.22. The van der Waals surface area contributed by atoms with E-state index in [1.165, 1.54) is 18.4 Å². The molecule has 19 heavy (non-hydrogen) atoms. The molecule has 0 radical (unpaired) electrons. The van der Waals surface area contributed by atoms with Crippen LogP contribution < -0.4 is 5.32 Å². The molecule has 0 saturated carbocycles. The molecule has 0 aliphatic heterocycles. The Labute approximate surface area is 119 Å². The number of aliphatic imine (C=N–C) groups is 1. The third-order valence-corrected chi connectivity index (χ3v) is 3.50. The largest absolute Gasteiger partial charge is 0.390 e. The molecule has 0 fully saturated rings. The van der Waals surface area contributed by atoms with Crippen molar-refractivity contribution >= 4 is 28.9 Å². The lowest BCUT2D eigenvalue weighted by molar-refractivity contribution is -0.132. The van der Waals surface area contributed by atoms with Crippen LogP contribution in [0.15, 0.2) is 17.1 Å². The lowest BCUT2D eigenvalue weighted by Gasteiger charge is -2.21. The topological polar surface area (TPSA) is 27.6 Å². The van der Waals surface area contributed by atoms with Crippen LogP contribution in [-0.4, -0.2) is 37.7 Å². The summed E-state index contributed by atoms with van der Waals surface area (Å²) in [5, 5.41) is 2.68. The zero-order valence-corrected chi connectivity index (χ0v) is 12.2. The molecule has 1 heterocycles. The predicted octanol–water partition coefficient (Wildman–Crippen LogP) is 3.36. The lowest BCUT2D eigenvalue weighted by atomic mass is 10.4. The van der Waals surface area contributed by atoms with E-state index in [4.69, 9.17) is 11.6 Å². The van der Waals surface area contributed by atoms with Gasteiger partial charge in [0.15, 0.2) is 5.96 Å². The fraction of sp³-hybridized carbons (Fsp3) is 0.545. The van der Waals surface area contributed by atoms with Gasteiger partial charge in [0.25, 0.3) is 0 Å². The molecule has 0 amide bonds. The van der Waals surface area contributed by atoms with Crippen molar-refractivity contribution in [1.82, 2.24) is 10.2 Å². The normalized spacial score (nSPS) is 12.6. The van der Waals surface area contributed by atoms with Crippen molar-refractivity contribution in [2.24, 2.45) is 4.99 Å². The Kier molecular flexibility index (Phi) is 5.93. The third-order valence-electron chi connectivity index (χ3n) is 2.29. The molecule has 108 valence electrons. The van der Waals surface area contributed by atoms with Gasteiger partial charge in [-0.25, -0.2) is 0 Å². The zero-order chi connectivity index (χ0) is 14.5. The van der Waals surface area contributed by atoms with Gasteiger partial charge in [-0.1, -0.05) is 11.6 Å². The minimum absolute atomic E-state index is 0.189. The first-order chi connectivity index (χ1) is 8.81. The average molecular weight is 314 g/mol. The minimum Gasteiger partial charge on any atom is -0.356 e. The maximum Gasteiger partial charge on any atom is 0.390 e. The molecule has 1 aromatic heterocycles. The summed E-state index contributed by atoms with van der Waals surface area (Å²) in [6.45, 7) is 0.356. The number of nitrogens with one attached hydrogen (secondary N) is 1. The average Bonchev–Trinajstić information content (AvgIpc) is 2.68. The second kappa shape index (κ2) is 7.00. The standard InChI is InChI=1S/C11H15ClF3N3S/c1-16-10(17-6-5-11(13,14)15)18(2)7-8-3-4-9(12)19-8/h3-4H,5-7H2,1-2H3,(H,16,17). The molecule has 0 atom stereocenters. The van der Waals surface area contributed by atoms with E-state index in [0.29, 0.717) is 16.8 Å². The summed E-state index contributed by atoms with van der Waals surface area (Å²) in [5.41, 5.74) is 0. The Bertz CT molecular complexity index is 431. The van der Waals surface area contributed by atoms with Crippen LogP contribution in [0.5, 0.6) is 0 Å². The van der Waals surface area contributed by atoms with Gasteiger partial charge in [0.05, 0.1) is 17.3 Å². The summed E-state index contributed by atoms with van der Waals surface area (Å²) < 4.78 is 36.8. The van der Waals surface area contributed by atoms with Gasteiger partial charge < -0.3 is 10.2 Å². The Morgan fingerprint density at radius 3 is 2.63 bits per heavy atom. The monoisotopic (exact) mass is 313 g/mol. The second-order valence-corrected chi connectivity index (χ2v) is 5.70. The van der Waals surface area contributed by atoms with E-state index in [1.54, 1.807) is 18.0 Å². The first-order valence-corrected chi connectivity index (χ1v) is 6.74. The zero-order valence-electron chi connectivity index (χ0n) is 10.6. The number of hydrogen-bond acceptors (Lipinski definition) is 2. The van der Waals surface area contributed by atoms with Crippen molar-refractivity contribution in [1.29, 1.82) is 0 Å². The van der Waals surface area contributed by atoms with Crippen molar-refractivity contribution in [2.45, 2.75) is 19.1 Å². The smallest absolute Gasteiger partial charge is 0.356 e. The molecule has 0 unspecified atom stereocenters. The number of halogens is 4. The van der Waals surface area contributed by atoms with Crippen molar-refractivity contribution in [3.8, 4) is 0 Å². The first kappa shape index (κ1) is 16.1. The van der Waals surface area contributed by atoms with Crippen LogP contribution in [0.1, 0.15) is 11.3 Å². The fourth-order valence-electron chi connectivity index (χ4n) is 1.45.